The molecule has 2 aromatic carbocycles. The molecule has 2 aromatic rings. The van der Waals surface area contributed by atoms with Crippen molar-refractivity contribution in [1.82, 2.24) is 0 Å². The van der Waals surface area contributed by atoms with E-state index in [-0.39, 0.29) is 18.1 Å². The Bertz CT molecular complexity index is 951. The van der Waals surface area contributed by atoms with E-state index in [4.69, 9.17) is 21.1 Å². The van der Waals surface area contributed by atoms with Crippen molar-refractivity contribution in [2.24, 2.45) is 5.41 Å². The van der Waals surface area contributed by atoms with Crippen LogP contribution in [0.15, 0.2) is 60.7 Å². The largest absolute Gasteiger partial charge is 0.459 e. The lowest BCUT2D eigenvalue weighted by molar-refractivity contribution is -1.04. The summed E-state index contributed by atoms with van der Waals surface area (Å²) >= 11 is 6.10. The highest BCUT2D eigenvalue weighted by atomic mass is 35.5. The maximum Gasteiger partial charge on any atom is 0.348 e. The van der Waals surface area contributed by atoms with Crippen molar-refractivity contribution in [3.8, 4) is 0 Å². The SMILES string of the molecule is O=C(OC1CC2C3(CCC3[N+]23CCCC3)C1)C(OCCl)(c1ccccc1)c1ccccc1. The Balaban J connectivity index is 1.31. The third-order valence-corrected chi connectivity index (χ3v) is 9.25. The Hall–Kier alpha value is -1.88. The number of hydrogen-bond acceptors (Lipinski definition) is 3. The molecule has 2 saturated carbocycles. The minimum absolute atomic E-state index is 0.0425. The lowest BCUT2D eigenvalue weighted by Crippen LogP contribution is -2.84. The second kappa shape index (κ2) is 7.58. The Kier molecular flexibility index (Phi) is 4.90. The highest BCUT2D eigenvalue weighted by molar-refractivity contribution is 6.17. The predicted molar refractivity (Wildman–Crippen MR) is 123 cm³/mol. The molecule has 0 aromatic heterocycles. The zero-order valence-electron chi connectivity index (χ0n) is 18.4. The van der Waals surface area contributed by atoms with Crippen molar-refractivity contribution >= 4 is 17.6 Å². The van der Waals surface area contributed by atoms with Gasteiger partial charge < -0.3 is 14.0 Å². The fraction of sp³-hybridized carbons (Fsp3) is 0.519. The van der Waals surface area contributed by atoms with Gasteiger partial charge in [-0.25, -0.2) is 4.79 Å². The van der Waals surface area contributed by atoms with E-state index in [1.54, 1.807) is 0 Å². The number of alkyl halides is 1. The molecule has 2 aliphatic heterocycles. The Morgan fingerprint density at radius 1 is 1.00 bits per heavy atom. The lowest BCUT2D eigenvalue weighted by Gasteiger charge is -2.71. The van der Waals surface area contributed by atoms with Crippen LogP contribution in [-0.4, -0.2) is 47.8 Å². The first-order valence-corrected chi connectivity index (χ1v) is 12.6. The van der Waals surface area contributed by atoms with Gasteiger partial charge in [-0.05, 0) is 17.5 Å². The maximum atomic E-state index is 14.0. The van der Waals surface area contributed by atoms with Crippen molar-refractivity contribution in [3.63, 3.8) is 0 Å². The highest BCUT2D eigenvalue weighted by Gasteiger charge is 2.80. The first-order valence-electron chi connectivity index (χ1n) is 12.0. The molecule has 2 heterocycles. The molecule has 4 atom stereocenters. The predicted octanol–water partition coefficient (Wildman–Crippen LogP) is 4.99. The number of carbonyl (C=O) groups excluding carboxylic acids is 1. The van der Waals surface area contributed by atoms with Crippen LogP contribution in [0.5, 0.6) is 0 Å². The summed E-state index contributed by atoms with van der Waals surface area (Å²) in [4.78, 5) is 14.0. The minimum atomic E-state index is -1.36. The Morgan fingerprint density at radius 2 is 1.62 bits per heavy atom. The van der Waals surface area contributed by atoms with Gasteiger partial charge in [0.25, 0.3) is 0 Å². The molecule has 32 heavy (non-hydrogen) atoms. The minimum Gasteiger partial charge on any atom is -0.459 e. The van der Waals surface area contributed by atoms with E-state index >= 15 is 0 Å². The molecule has 6 rings (SSSR count). The molecule has 4 unspecified atom stereocenters. The number of fused-ring (bicyclic) bond motifs is 2. The average molecular weight is 453 g/mol. The molecule has 4 nitrogen and oxygen atoms in total. The van der Waals surface area contributed by atoms with Gasteiger partial charge in [0, 0.05) is 32.1 Å². The van der Waals surface area contributed by atoms with Crippen LogP contribution in [0.25, 0.3) is 0 Å². The number of nitrogens with zero attached hydrogens (tertiary/aromatic N) is 1. The molecule has 4 aliphatic rings. The van der Waals surface area contributed by atoms with Crippen LogP contribution in [-0.2, 0) is 19.9 Å². The molecule has 4 fully saturated rings. The molecule has 5 heteroatoms. The van der Waals surface area contributed by atoms with Crippen molar-refractivity contribution in [2.75, 3.05) is 19.2 Å². The third-order valence-electron chi connectivity index (χ3n) is 9.14. The standard InChI is InChI=1S/C27H31ClNO3/c28-19-31-27(20-9-3-1-4-10-20,21-11-5-2-6-12-21)25(30)32-22-17-24-26(18-22)14-13-23(26)29(24)15-7-8-16-29/h1-6,9-12,22-24H,7-8,13-19H2/q+1. The van der Waals surface area contributed by atoms with Crippen molar-refractivity contribution in [3.05, 3.63) is 71.8 Å². The molecule has 2 aliphatic carbocycles. The fourth-order valence-electron chi connectivity index (χ4n) is 7.95. The zero-order valence-corrected chi connectivity index (χ0v) is 19.2. The fourth-order valence-corrected chi connectivity index (χ4v) is 8.12. The number of quaternary nitrogens is 1. The van der Waals surface area contributed by atoms with E-state index < -0.39 is 5.60 Å². The number of rotatable bonds is 6. The number of benzene rings is 2. The van der Waals surface area contributed by atoms with Crippen LogP contribution in [0.1, 0.15) is 49.7 Å². The van der Waals surface area contributed by atoms with E-state index in [0.717, 1.165) is 30.0 Å². The van der Waals surface area contributed by atoms with Crippen molar-refractivity contribution in [1.29, 1.82) is 0 Å². The molecule has 0 amide bonds. The van der Waals surface area contributed by atoms with E-state index in [9.17, 15) is 4.79 Å². The number of piperidine rings is 1. The number of halogens is 1. The second-order valence-electron chi connectivity index (χ2n) is 10.2. The van der Waals surface area contributed by atoms with E-state index in [2.05, 4.69) is 0 Å². The van der Waals surface area contributed by atoms with E-state index in [1.807, 2.05) is 60.7 Å². The van der Waals surface area contributed by atoms with Gasteiger partial charge in [0.15, 0.2) is 0 Å². The zero-order chi connectivity index (χ0) is 21.8. The summed E-state index contributed by atoms with van der Waals surface area (Å²) < 4.78 is 13.7. The van der Waals surface area contributed by atoms with Crippen LogP contribution in [0.4, 0.5) is 0 Å². The van der Waals surface area contributed by atoms with Gasteiger partial charge in [0.05, 0.1) is 18.5 Å². The average Bonchev–Trinajstić information content (AvgIpc) is 3.44. The molecular formula is C27H31ClNO3+. The first-order chi connectivity index (χ1) is 15.7. The molecule has 2 saturated heterocycles. The van der Waals surface area contributed by atoms with E-state index in [0.29, 0.717) is 11.5 Å². The molecule has 2 spiro atoms. The van der Waals surface area contributed by atoms with Gasteiger partial charge in [0.1, 0.15) is 24.3 Å². The summed E-state index contributed by atoms with van der Waals surface area (Å²) in [7, 11) is 0. The highest BCUT2D eigenvalue weighted by Crippen LogP contribution is 2.70. The molecule has 0 N–H and O–H groups in total. The van der Waals surface area contributed by atoms with Crippen LogP contribution < -0.4 is 0 Å². The van der Waals surface area contributed by atoms with Gasteiger partial charge in [0.2, 0.25) is 5.60 Å². The lowest BCUT2D eigenvalue weighted by atomic mass is 9.51. The maximum absolute atomic E-state index is 14.0. The summed E-state index contributed by atoms with van der Waals surface area (Å²) in [5.74, 6) is -0.345. The monoisotopic (exact) mass is 452 g/mol. The molecule has 0 radical (unpaired) electrons. The summed E-state index contributed by atoms with van der Waals surface area (Å²) in [5.41, 5.74) is 0.564. The van der Waals surface area contributed by atoms with Crippen LogP contribution in [0, 0.1) is 5.41 Å². The Labute approximate surface area is 195 Å². The van der Waals surface area contributed by atoms with Crippen molar-refractivity contribution in [2.45, 2.75) is 62.3 Å². The van der Waals surface area contributed by atoms with Crippen LogP contribution in [0.3, 0.4) is 0 Å². The van der Waals surface area contributed by atoms with Gasteiger partial charge in [-0.15, -0.1) is 0 Å². The number of esters is 1. The normalized spacial score (nSPS) is 32.0. The van der Waals surface area contributed by atoms with Gasteiger partial charge in [-0.3, -0.25) is 0 Å². The van der Waals surface area contributed by atoms with E-state index in [1.165, 1.54) is 43.3 Å². The second-order valence-corrected chi connectivity index (χ2v) is 10.4. The van der Waals surface area contributed by atoms with Crippen LogP contribution in [0.2, 0.25) is 0 Å². The smallest absolute Gasteiger partial charge is 0.348 e. The van der Waals surface area contributed by atoms with Crippen molar-refractivity contribution < 1.29 is 18.8 Å². The first kappa shape index (κ1) is 20.7. The number of hydrogen-bond donors (Lipinski definition) is 0. The Morgan fingerprint density at radius 3 is 2.16 bits per heavy atom. The van der Waals surface area contributed by atoms with Crippen LogP contribution >= 0.6 is 11.6 Å². The molecular weight excluding hydrogens is 422 g/mol. The van der Waals surface area contributed by atoms with Gasteiger partial charge >= 0.3 is 5.97 Å². The summed E-state index contributed by atoms with van der Waals surface area (Å²) in [6.07, 6.45) is 7.31. The number of carbonyl (C=O) groups is 1. The quantitative estimate of drug-likeness (QED) is 0.352. The third kappa shape index (κ3) is 2.66. The molecule has 0 bridgehead atoms. The van der Waals surface area contributed by atoms with Gasteiger partial charge in [-0.1, -0.05) is 72.3 Å². The van der Waals surface area contributed by atoms with Gasteiger partial charge in [-0.2, -0.15) is 0 Å². The topological polar surface area (TPSA) is 35.5 Å². The molecule has 168 valence electrons. The number of ether oxygens (including phenoxy) is 2. The summed E-state index contributed by atoms with van der Waals surface area (Å²) in [5, 5.41) is 0. The summed E-state index contributed by atoms with van der Waals surface area (Å²) in [6.45, 7) is 2.65. The summed E-state index contributed by atoms with van der Waals surface area (Å²) in [6, 6.07) is 20.6.